The van der Waals surface area contributed by atoms with E-state index in [-0.39, 0.29) is 12.5 Å². The van der Waals surface area contributed by atoms with E-state index in [0.717, 1.165) is 12.8 Å². The minimum Gasteiger partial charge on any atom is -0.395 e. The Morgan fingerprint density at radius 2 is 2.33 bits per heavy atom. The van der Waals surface area contributed by atoms with Crippen LogP contribution in [0.25, 0.3) is 0 Å². The van der Waals surface area contributed by atoms with Gasteiger partial charge in [-0.15, -0.1) is 6.58 Å². The van der Waals surface area contributed by atoms with E-state index < -0.39 is 0 Å². The van der Waals surface area contributed by atoms with Gasteiger partial charge in [0, 0.05) is 19.1 Å². The molecular formula is C11H20N2O2. The molecule has 1 aliphatic rings. The average Bonchev–Trinajstić information content (AvgIpc) is 2.14. The third kappa shape index (κ3) is 3.64. The number of aliphatic hydroxyl groups excluding tert-OH is 1. The molecule has 0 aromatic heterocycles. The molecule has 2 N–H and O–H groups in total. The molecule has 4 nitrogen and oxygen atoms in total. The number of carbonyl (C=O) groups excluding carboxylic acids is 1. The summed E-state index contributed by atoms with van der Waals surface area (Å²) in [7, 11) is 0. The zero-order chi connectivity index (χ0) is 11.1. The van der Waals surface area contributed by atoms with Gasteiger partial charge in [0.2, 0.25) is 5.91 Å². The van der Waals surface area contributed by atoms with Gasteiger partial charge in [-0.1, -0.05) is 6.08 Å². The Kier molecular flexibility index (Phi) is 5.36. The van der Waals surface area contributed by atoms with E-state index in [1.165, 1.54) is 6.42 Å². The number of nitrogens with one attached hydrogen (secondary N) is 1. The lowest BCUT2D eigenvalue weighted by Gasteiger charge is -2.37. The van der Waals surface area contributed by atoms with E-state index in [2.05, 4.69) is 11.9 Å². The smallest absolute Gasteiger partial charge is 0.236 e. The summed E-state index contributed by atoms with van der Waals surface area (Å²) in [6, 6.07) is 0.357. The summed E-state index contributed by atoms with van der Waals surface area (Å²) in [5, 5.41) is 11.9. The van der Waals surface area contributed by atoms with Crippen LogP contribution >= 0.6 is 0 Å². The van der Waals surface area contributed by atoms with E-state index in [0.29, 0.717) is 25.7 Å². The molecule has 0 bridgehead atoms. The van der Waals surface area contributed by atoms with Crippen molar-refractivity contribution < 1.29 is 9.90 Å². The summed E-state index contributed by atoms with van der Waals surface area (Å²) < 4.78 is 0. The van der Waals surface area contributed by atoms with Gasteiger partial charge in [-0.25, -0.2) is 0 Å². The van der Waals surface area contributed by atoms with E-state index >= 15 is 0 Å². The van der Waals surface area contributed by atoms with Crippen LogP contribution < -0.4 is 5.32 Å². The van der Waals surface area contributed by atoms with Crippen molar-refractivity contribution in [2.45, 2.75) is 25.3 Å². The quantitative estimate of drug-likeness (QED) is 0.466. The van der Waals surface area contributed by atoms with Crippen LogP contribution in [0.15, 0.2) is 12.7 Å². The molecule has 0 aromatic rings. The van der Waals surface area contributed by atoms with Crippen LogP contribution in [0.4, 0.5) is 0 Å². The molecule has 0 atom stereocenters. The van der Waals surface area contributed by atoms with Crippen LogP contribution in [0.3, 0.4) is 0 Å². The second kappa shape index (κ2) is 6.58. The average molecular weight is 212 g/mol. The van der Waals surface area contributed by atoms with E-state index in [4.69, 9.17) is 5.11 Å². The molecule has 1 amide bonds. The Hall–Kier alpha value is -0.870. The fourth-order valence-corrected chi connectivity index (χ4v) is 1.70. The van der Waals surface area contributed by atoms with Crippen LogP contribution in [-0.2, 0) is 4.79 Å². The standard InChI is InChI=1S/C11H20N2O2/c1-2-6-12-9-11(15)13(7-8-14)10-4-3-5-10/h2,10,12,14H,1,3-9H2. The SMILES string of the molecule is C=CCNCC(=O)N(CCO)C1CCC1. The summed E-state index contributed by atoms with van der Waals surface area (Å²) in [6.07, 6.45) is 5.08. The molecule has 1 fully saturated rings. The Balaban J connectivity index is 2.32. The molecule has 4 heteroatoms. The van der Waals surface area contributed by atoms with Gasteiger partial charge in [-0.05, 0) is 19.3 Å². The van der Waals surface area contributed by atoms with Gasteiger partial charge in [0.1, 0.15) is 0 Å². The fourth-order valence-electron chi connectivity index (χ4n) is 1.70. The summed E-state index contributed by atoms with van der Waals surface area (Å²) in [5.41, 5.74) is 0. The summed E-state index contributed by atoms with van der Waals surface area (Å²) in [6.45, 7) is 5.05. The lowest BCUT2D eigenvalue weighted by molar-refractivity contribution is -0.134. The number of hydrogen-bond donors (Lipinski definition) is 2. The first-order valence-electron chi connectivity index (χ1n) is 5.51. The van der Waals surface area contributed by atoms with Crippen molar-refractivity contribution in [2.24, 2.45) is 0 Å². The molecule has 1 rings (SSSR count). The monoisotopic (exact) mass is 212 g/mol. The molecule has 15 heavy (non-hydrogen) atoms. The minimum absolute atomic E-state index is 0.0453. The Morgan fingerprint density at radius 1 is 1.60 bits per heavy atom. The first kappa shape index (κ1) is 12.2. The lowest BCUT2D eigenvalue weighted by Crippen LogP contribution is -2.48. The largest absolute Gasteiger partial charge is 0.395 e. The maximum Gasteiger partial charge on any atom is 0.236 e. The van der Waals surface area contributed by atoms with Crippen molar-refractivity contribution >= 4 is 5.91 Å². The predicted molar refractivity (Wildman–Crippen MR) is 59.5 cm³/mol. The minimum atomic E-state index is 0.0453. The topological polar surface area (TPSA) is 52.6 Å². The van der Waals surface area contributed by atoms with Crippen molar-refractivity contribution in [3.8, 4) is 0 Å². The lowest BCUT2D eigenvalue weighted by atomic mass is 9.91. The molecular weight excluding hydrogens is 192 g/mol. The molecule has 1 aliphatic carbocycles. The maximum absolute atomic E-state index is 11.8. The Bertz CT molecular complexity index is 215. The number of rotatable bonds is 7. The first-order chi connectivity index (χ1) is 7.29. The van der Waals surface area contributed by atoms with Crippen LogP contribution in [0.5, 0.6) is 0 Å². The van der Waals surface area contributed by atoms with Crippen molar-refractivity contribution in [2.75, 3.05) is 26.2 Å². The highest BCUT2D eigenvalue weighted by Gasteiger charge is 2.27. The number of carbonyl (C=O) groups is 1. The number of aliphatic hydroxyl groups is 1. The molecule has 0 unspecified atom stereocenters. The second-order valence-corrected chi connectivity index (χ2v) is 3.82. The zero-order valence-corrected chi connectivity index (χ0v) is 9.11. The van der Waals surface area contributed by atoms with Crippen molar-refractivity contribution in [3.63, 3.8) is 0 Å². The molecule has 0 heterocycles. The number of amides is 1. The molecule has 0 spiro atoms. The van der Waals surface area contributed by atoms with Crippen molar-refractivity contribution in [1.82, 2.24) is 10.2 Å². The molecule has 0 saturated heterocycles. The fraction of sp³-hybridized carbons (Fsp3) is 0.727. The molecule has 0 aromatic carbocycles. The highest BCUT2D eigenvalue weighted by atomic mass is 16.3. The highest BCUT2D eigenvalue weighted by molar-refractivity contribution is 5.78. The highest BCUT2D eigenvalue weighted by Crippen LogP contribution is 2.24. The summed E-state index contributed by atoms with van der Waals surface area (Å²) >= 11 is 0. The summed E-state index contributed by atoms with van der Waals surface area (Å²) in [5.74, 6) is 0.0793. The van der Waals surface area contributed by atoms with Crippen LogP contribution in [-0.4, -0.2) is 48.2 Å². The van der Waals surface area contributed by atoms with E-state index in [1.54, 1.807) is 11.0 Å². The third-order valence-electron chi connectivity index (χ3n) is 2.74. The predicted octanol–water partition coefficient (Wildman–Crippen LogP) is 0.135. The number of hydrogen-bond acceptors (Lipinski definition) is 3. The van der Waals surface area contributed by atoms with Gasteiger partial charge in [-0.2, -0.15) is 0 Å². The van der Waals surface area contributed by atoms with Gasteiger partial charge >= 0.3 is 0 Å². The van der Waals surface area contributed by atoms with Gasteiger partial charge < -0.3 is 15.3 Å². The molecule has 1 saturated carbocycles. The third-order valence-corrected chi connectivity index (χ3v) is 2.74. The summed E-state index contributed by atoms with van der Waals surface area (Å²) in [4.78, 5) is 13.6. The van der Waals surface area contributed by atoms with Crippen molar-refractivity contribution in [3.05, 3.63) is 12.7 Å². The van der Waals surface area contributed by atoms with E-state index in [1.807, 2.05) is 0 Å². The first-order valence-corrected chi connectivity index (χ1v) is 5.51. The van der Waals surface area contributed by atoms with Crippen LogP contribution in [0, 0.1) is 0 Å². The van der Waals surface area contributed by atoms with Crippen molar-refractivity contribution in [1.29, 1.82) is 0 Å². The van der Waals surface area contributed by atoms with Crippen LogP contribution in [0.2, 0.25) is 0 Å². The van der Waals surface area contributed by atoms with Gasteiger partial charge in [0.05, 0.1) is 13.2 Å². The maximum atomic E-state index is 11.8. The molecule has 86 valence electrons. The zero-order valence-electron chi connectivity index (χ0n) is 9.11. The van der Waals surface area contributed by atoms with Gasteiger partial charge in [0.25, 0.3) is 0 Å². The molecule has 0 aliphatic heterocycles. The Labute approximate surface area is 91.0 Å². The normalized spacial score (nSPS) is 15.8. The van der Waals surface area contributed by atoms with Crippen LogP contribution in [0.1, 0.15) is 19.3 Å². The van der Waals surface area contributed by atoms with E-state index in [9.17, 15) is 4.79 Å². The number of nitrogens with zero attached hydrogens (tertiary/aromatic N) is 1. The Morgan fingerprint density at radius 3 is 2.80 bits per heavy atom. The van der Waals surface area contributed by atoms with Gasteiger partial charge in [-0.3, -0.25) is 4.79 Å². The second-order valence-electron chi connectivity index (χ2n) is 3.82. The van der Waals surface area contributed by atoms with Gasteiger partial charge in [0.15, 0.2) is 0 Å². The molecule has 0 radical (unpaired) electrons.